The van der Waals surface area contributed by atoms with Crippen LogP contribution < -0.4 is 19.6 Å². The summed E-state index contributed by atoms with van der Waals surface area (Å²) in [5.41, 5.74) is 4.89. The number of H-pyrrole nitrogens is 1. The summed E-state index contributed by atoms with van der Waals surface area (Å²) in [6.45, 7) is 0. The highest BCUT2D eigenvalue weighted by molar-refractivity contribution is 6.38. The summed E-state index contributed by atoms with van der Waals surface area (Å²) in [5.74, 6) is 1.17. The monoisotopic (exact) mass is 477 g/mol. The number of methoxy groups -OCH3 is 4. The lowest BCUT2D eigenvalue weighted by atomic mass is 10.1. The van der Waals surface area contributed by atoms with E-state index >= 15 is 0 Å². The molecular formula is C22H21Cl2N3O5. The molecule has 1 heterocycles. The van der Waals surface area contributed by atoms with Crippen molar-refractivity contribution in [1.82, 2.24) is 4.98 Å². The van der Waals surface area contributed by atoms with Gasteiger partial charge < -0.3 is 23.9 Å². The van der Waals surface area contributed by atoms with Gasteiger partial charge in [0.05, 0.1) is 44.7 Å². The minimum absolute atomic E-state index is 0.249. The number of esters is 1. The predicted molar refractivity (Wildman–Crippen MR) is 125 cm³/mol. The number of carbonyl (C=O) groups is 1. The molecule has 1 aromatic heterocycles. The molecule has 0 unspecified atom stereocenters. The van der Waals surface area contributed by atoms with Crippen molar-refractivity contribution in [1.29, 1.82) is 0 Å². The van der Waals surface area contributed by atoms with E-state index < -0.39 is 5.97 Å². The van der Waals surface area contributed by atoms with E-state index in [0.29, 0.717) is 49.9 Å². The Morgan fingerprint density at radius 2 is 1.62 bits per heavy atom. The van der Waals surface area contributed by atoms with Crippen LogP contribution >= 0.6 is 23.2 Å². The number of anilines is 1. The summed E-state index contributed by atoms with van der Waals surface area (Å²) >= 11 is 12.3. The first kappa shape index (κ1) is 23.3. The average Bonchev–Trinajstić information content (AvgIpc) is 3.23. The zero-order valence-corrected chi connectivity index (χ0v) is 19.3. The number of halogens is 2. The van der Waals surface area contributed by atoms with Crippen LogP contribution in [0.15, 0.2) is 41.5 Å². The summed E-state index contributed by atoms with van der Waals surface area (Å²) in [4.78, 5) is 15.4. The lowest BCUT2D eigenvalue weighted by Gasteiger charge is -2.13. The first-order valence-corrected chi connectivity index (χ1v) is 10.0. The van der Waals surface area contributed by atoms with Gasteiger partial charge in [-0.25, -0.2) is 4.79 Å². The van der Waals surface area contributed by atoms with Crippen molar-refractivity contribution >= 4 is 41.2 Å². The second kappa shape index (κ2) is 10.3. The molecule has 0 saturated carbocycles. The molecule has 0 aliphatic carbocycles. The number of nitrogens with one attached hydrogen (secondary N) is 2. The molecule has 0 amide bonds. The van der Waals surface area contributed by atoms with Crippen LogP contribution in [-0.2, 0) is 4.74 Å². The number of hydrogen-bond donors (Lipinski definition) is 2. The van der Waals surface area contributed by atoms with Gasteiger partial charge in [0.25, 0.3) is 0 Å². The Balaban J connectivity index is 2.00. The summed E-state index contributed by atoms with van der Waals surface area (Å²) in [6, 6.07) is 10.3. The van der Waals surface area contributed by atoms with E-state index in [-0.39, 0.29) is 5.56 Å². The maximum absolute atomic E-state index is 12.3. The average molecular weight is 478 g/mol. The lowest BCUT2D eigenvalue weighted by Crippen LogP contribution is -2.03. The summed E-state index contributed by atoms with van der Waals surface area (Å²) in [5, 5.41) is 5.05. The number of rotatable bonds is 8. The van der Waals surface area contributed by atoms with E-state index in [0.717, 1.165) is 0 Å². The van der Waals surface area contributed by atoms with Crippen molar-refractivity contribution in [3.63, 3.8) is 0 Å². The molecule has 32 heavy (non-hydrogen) atoms. The van der Waals surface area contributed by atoms with Gasteiger partial charge in [0.15, 0.2) is 11.5 Å². The number of benzene rings is 2. The van der Waals surface area contributed by atoms with E-state index in [2.05, 4.69) is 15.5 Å². The molecule has 0 atom stereocenters. The number of aromatic nitrogens is 1. The lowest BCUT2D eigenvalue weighted by molar-refractivity contribution is 0.0602. The van der Waals surface area contributed by atoms with Crippen LogP contribution in [0.2, 0.25) is 10.0 Å². The van der Waals surface area contributed by atoms with E-state index in [1.54, 1.807) is 36.4 Å². The van der Waals surface area contributed by atoms with Crippen molar-refractivity contribution in [3.8, 4) is 28.5 Å². The van der Waals surface area contributed by atoms with Gasteiger partial charge in [0.2, 0.25) is 5.75 Å². The molecule has 0 saturated heterocycles. The largest absolute Gasteiger partial charge is 0.493 e. The molecule has 3 rings (SSSR count). The first-order chi connectivity index (χ1) is 15.4. The van der Waals surface area contributed by atoms with Gasteiger partial charge in [0.1, 0.15) is 11.4 Å². The fraction of sp³-hybridized carbons (Fsp3) is 0.182. The Kier molecular flexibility index (Phi) is 7.50. The predicted octanol–water partition coefficient (Wildman–Crippen LogP) is 5.25. The van der Waals surface area contributed by atoms with E-state index in [4.69, 9.17) is 42.1 Å². The minimum Gasteiger partial charge on any atom is -0.493 e. The molecule has 0 radical (unpaired) electrons. The second-order valence-corrected chi connectivity index (χ2v) is 7.20. The van der Waals surface area contributed by atoms with Crippen molar-refractivity contribution in [3.05, 3.63) is 57.6 Å². The Morgan fingerprint density at radius 1 is 1.00 bits per heavy atom. The number of nitrogens with zero attached hydrogens (tertiary/aromatic N) is 1. The third-order valence-corrected chi connectivity index (χ3v) is 5.23. The van der Waals surface area contributed by atoms with Crippen molar-refractivity contribution < 1.29 is 23.7 Å². The van der Waals surface area contributed by atoms with Gasteiger partial charge in [-0.1, -0.05) is 29.3 Å². The van der Waals surface area contributed by atoms with E-state index in [1.165, 1.54) is 34.7 Å². The van der Waals surface area contributed by atoms with Crippen LogP contribution in [0.25, 0.3) is 11.3 Å². The Hall–Kier alpha value is -3.36. The fourth-order valence-electron chi connectivity index (χ4n) is 3.00. The van der Waals surface area contributed by atoms with Crippen molar-refractivity contribution in [2.45, 2.75) is 0 Å². The smallest absolute Gasteiger partial charge is 0.341 e. The van der Waals surface area contributed by atoms with Gasteiger partial charge in [-0.3, -0.25) is 5.43 Å². The van der Waals surface area contributed by atoms with Crippen LogP contribution in [-0.4, -0.2) is 45.6 Å². The highest BCUT2D eigenvalue weighted by Gasteiger charge is 2.20. The Labute approximate surface area is 195 Å². The summed E-state index contributed by atoms with van der Waals surface area (Å²) in [7, 11) is 5.87. The maximum Gasteiger partial charge on any atom is 0.341 e. The number of carbonyl (C=O) groups excluding carboxylic acids is 1. The zero-order valence-electron chi connectivity index (χ0n) is 17.8. The molecule has 3 aromatic rings. The summed E-state index contributed by atoms with van der Waals surface area (Å²) < 4.78 is 21.1. The van der Waals surface area contributed by atoms with Gasteiger partial charge in [-0.15, -0.1) is 0 Å². The van der Waals surface area contributed by atoms with Gasteiger partial charge in [-0.05, 0) is 30.3 Å². The van der Waals surface area contributed by atoms with Crippen LogP contribution in [0.4, 0.5) is 5.82 Å². The molecule has 2 N–H and O–H groups in total. The zero-order chi connectivity index (χ0) is 23.3. The Morgan fingerprint density at radius 3 is 2.16 bits per heavy atom. The molecule has 0 aliphatic rings. The quantitative estimate of drug-likeness (QED) is 0.261. The standard InChI is InChI=1S/C22H21Cl2N3O5/c1-29-18-8-12(9-19(30-2)20(18)31-3)17-10-13(22(28)32-4)21(26-17)27-25-11-14-15(23)6-5-7-16(14)24/h5-11,26-27H,1-4H3/b25-11+. The number of hydrazone groups is 1. The minimum atomic E-state index is -0.548. The number of aromatic amines is 1. The van der Waals surface area contributed by atoms with Gasteiger partial charge >= 0.3 is 5.97 Å². The maximum atomic E-state index is 12.3. The van der Waals surface area contributed by atoms with Crippen LogP contribution in [0.5, 0.6) is 17.2 Å². The van der Waals surface area contributed by atoms with Crippen LogP contribution in [0.1, 0.15) is 15.9 Å². The molecule has 0 bridgehead atoms. The summed E-state index contributed by atoms with van der Waals surface area (Å²) in [6.07, 6.45) is 1.46. The molecule has 2 aromatic carbocycles. The SMILES string of the molecule is COC(=O)c1cc(-c2cc(OC)c(OC)c(OC)c2)[nH]c1N/N=C/c1c(Cl)cccc1Cl. The molecular weight excluding hydrogens is 457 g/mol. The van der Waals surface area contributed by atoms with Crippen molar-refractivity contribution in [2.75, 3.05) is 33.9 Å². The van der Waals surface area contributed by atoms with E-state index in [1.807, 2.05) is 0 Å². The van der Waals surface area contributed by atoms with E-state index in [9.17, 15) is 4.79 Å². The van der Waals surface area contributed by atoms with Crippen LogP contribution in [0.3, 0.4) is 0 Å². The third-order valence-electron chi connectivity index (χ3n) is 4.57. The molecule has 8 nitrogen and oxygen atoms in total. The topological polar surface area (TPSA) is 94.2 Å². The van der Waals surface area contributed by atoms with Gasteiger partial charge in [0, 0.05) is 16.8 Å². The normalized spacial score (nSPS) is 10.8. The third kappa shape index (κ3) is 4.76. The molecule has 0 fully saturated rings. The second-order valence-electron chi connectivity index (χ2n) is 6.38. The molecule has 10 heteroatoms. The fourth-order valence-corrected chi connectivity index (χ4v) is 3.50. The van der Waals surface area contributed by atoms with Gasteiger partial charge in [-0.2, -0.15) is 5.10 Å². The molecule has 0 aliphatic heterocycles. The number of hydrogen-bond acceptors (Lipinski definition) is 7. The Bertz CT molecular complexity index is 1120. The van der Waals surface area contributed by atoms with Crippen LogP contribution in [0, 0.1) is 0 Å². The first-order valence-electron chi connectivity index (χ1n) is 9.28. The molecule has 0 spiro atoms. The number of ether oxygens (including phenoxy) is 4. The van der Waals surface area contributed by atoms with Crippen molar-refractivity contribution in [2.24, 2.45) is 5.10 Å². The highest BCUT2D eigenvalue weighted by Crippen LogP contribution is 2.41. The highest BCUT2D eigenvalue weighted by atomic mass is 35.5. The molecule has 168 valence electrons.